The van der Waals surface area contributed by atoms with Gasteiger partial charge in [0.15, 0.2) is 5.78 Å². The molecule has 0 bridgehead atoms. The Bertz CT molecular complexity index is 476. The van der Waals surface area contributed by atoms with Crippen molar-refractivity contribution < 1.29 is 18.0 Å². The van der Waals surface area contributed by atoms with Gasteiger partial charge in [-0.3, -0.25) is 4.79 Å². The maximum Gasteiger partial charge on any atom is 0.416 e. The number of ketones is 1. The first-order valence-corrected chi connectivity index (χ1v) is 5.53. The van der Waals surface area contributed by atoms with Crippen LogP contribution < -0.4 is 5.73 Å². The van der Waals surface area contributed by atoms with E-state index >= 15 is 0 Å². The van der Waals surface area contributed by atoms with Gasteiger partial charge in [-0.25, -0.2) is 0 Å². The normalized spacial score (nSPS) is 23.3. The summed E-state index contributed by atoms with van der Waals surface area (Å²) in [5, 5.41) is 0. The molecule has 2 atom stereocenters. The van der Waals surface area contributed by atoms with Crippen molar-refractivity contribution >= 4 is 5.78 Å². The molecule has 0 radical (unpaired) electrons. The summed E-state index contributed by atoms with van der Waals surface area (Å²) in [5.41, 5.74) is 5.17. The number of hydrogen-bond donors (Lipinski definition) is 1. The van der Waals surface area contributed by atoms with E-state index in [0.29, 0.717) is 6.42 Å². The zero-order chi connectivity index (χ0) is 13.3. The second kappa shape index (κ2) is 4.57. The minimum absolute atomic E-state index is 0.145. The van der Waals surface area contributed by atoms with Gasteiger partial charge in [0.2, 0.25) is 0 Å². The average Bonchev–Trinajstić information content (AvgIpc) is 2.74. The summed E-state index contributed by atoms with van der Waals surface area (Å²) in [6.07, 6.45) is -0.408. The number of carbonyl (C=O) groups is 1. The lowest BCUT2D eigenvalue weighted by molar-refractivity contribution is -0.137. The van der Waals surface area contributed by atoms with Gasteiger partial charge >= 0.3 is 6.18 Å². The van der Waals surface area contributed by atoms with Crippen LogP contribution in [0.2, 0.25) is 0 Å². The standard InChI is InChI=1S/C13H12F3NO/c14-13(15,16)10-4-1-8(2-5-10)12(18)9-3-6-11(17)7-9/h1-6,9,11H,7,17H2. The van der Waals surface area contributed by atoms with Crippen LogP contribution in [-0.2, 0) is 6.18 Å². The largest absolute Gasteiger partial charge is 0.416 e. The van der Waals surface area contributed by atoms with Gasteiger partial charge in [-0.1, -0.05) is 24.3 Å². The second-order valence-electron chi connectivity index (χ2n) is 4.33. The van der Waals surface area contributed by atoms with Gasteiger partial charge in [0.05, 0.1) is 5.56 Å². The van der Waals surface area contributed by atoms with Gasteiger partial charge in [0, 0.05) is 17.5 Å². The number of alkyl halides is 3. The highest BCUT2D eigenvalue weighted by Crippen LogP contribution is 2.30. The lowest BCUT2D eigenvalue weighted by Crippen LogP contribution is -2.19. The number of hydrogen-bond acceptors (Lipinski definition) is 2. The van der Waals surface area contributed by atoms with Crippen LogP contribution in [0.3, 0.4) is 0 Å². The molecule has 5 heteroatoms. The molecule has 1 aliphatic carbocycles. The molecule has 0 amide bonds. The summed E-state index contributed by atoms with van der Waals surface area (Å²) < 4.78 is 37.1. The third-order valence-electron chi connectivity index (χ3n) is 2.95. The molecule has 0 aromatic heterocycles. The van der Waals surface area contributed by atoms with Gasteiger partial charge in [-0.2, -0.15) is 13.2 Å². The van der Waals surface area contributed by atoms with E-state index in [1.165, 1.54) is 12.1 Å². The lowest BCUT2D eigenvalue weighted by Gasteiger charge is -2.10. The number of allylic oxidation sites excluding steroid dienone is 1. The van der Waals surface area contributed by atoms with Crippen LogP contribution in [0.1, 0.15) is 22.3 Å². The zero-order valence-electron chi connectivity index (χ0n) is 9.45. The highest BCUT2D eigenvalue weighted by atomic mass is 19.4. The van der Waals surface area contributed by atoms with Crippen LogP contribution in [0, 0.1) is 5.92 Å². The Kier molecular flexibility index (Phi) is 3.26. The Morgan fingerprint density at radius 1 is 1.17 bits per heavy atom. The molecule has 18 heavy (non-hydrogen) atoms. The SMILES string of the molecule is NC1C=CC(C(=O)c2ccc(C(F)(F)F)cc2)C1. The number of nitrogens with two attached hydrogens (primary N) is 1. The number of carbonyl (C=O) groups excluding carboxylic acids is 1. The first kappa shape index (κ1) is 12.8. The van der Waals surface area contributed by atoms with Crippen molar-refractivity contribution in [1.29, 1.82) is 0 Å². The van der Waals surface area contributed by atoms with E-state index in [1.807, 2.05) is 0 Å². The fourth-order valence-electron chi connectivity index (χ4n) is 1.96. The minimum atomic E-state index is -4.38. The maximum atomic E-state index is 12.4. The fourth-order valence-corrected chi connectivity index (χ4v) is 1.96. The van der Waals surface area contributed by atoms with Gasteiger partial charge in [-0.15, -0.1) is 0 Å². The van der Waals surface area contributed by atoms with Crippen LogP contribution in [0.4, 0.5) is 13.2 Å². The summed E-state index contributed by atoms with van der Waals surface area (Å²) in [6.45, 7) is 0. The molecular weight excluding hydrogens is 243 g/mol. The molecule has 1 aromatic carbocycles. The Balaban J connectivity index is 2.15. The molecule has 0 saturated heterocycles. The summed E-state index contributed by atoms with van der Waals surface area (Å²) >= 11 is 0. The molecule has 96 valence electrons. The summed E-state index contributed by atoms with van der Waals surface area (Å²) in [7, 11) is 0. The number of benzene rings is 1. The predicted molar refractivity (Wildman–Crippen MR) is 61.0 cm³/mol. The van der Waals surface area contributed by atoms with E-state index in [-0.39, 0.29) is 23.3 Å². The molecule has 2 unspecified atom stereocenters. The first-order valence-electron chi connectivity index (χ1n) is 5.53. The molecule has 0 spiro atoms. The Hall–Kier alpha value is -1.62. The number of rotatable bonds is 2. The monoisotopic (exact) mass is 255 g/mol. The van der Waals surface area contributed by atoms with E-state index in [9.17, 15) is 18.0 Å². The van der Waals surface area contributed by atoms with Crippen molar-refractivity contribution in [3.63, 3.8) is 0 Å². The Morgan fingerprint density at radius 3 is 2.22 bits per heavy atom. The Labute approximate surface area is 102 Å². The van der Waals surface area contributed by atoms with E-state index in [0.717, 1.165) is 12.1 Å². The predicted octanol–water partition coefficient (Wildman–Crippen LogP) is 2.79. The van der Waals surface area contributed by atoms with Crippen molar-refractivity contribution in [2.24, 2.45) is 11.7 Å². The average molecular weight is 255 g/mol. The maximum absolute atomic E-state index is 12.4. The summed E-state index contributed by atoms with van der Waals surface area (Å²) in [5.74, 6) is -0.510. The highest BCUT2D eigenvalue weighted by molar-refractivity contribution is 5.99. The molecule has 0 heterocycles. The molecular formula is C13H12F3NO. The van der Waals surface area contributed by atoms with Crippen LogP contribution in [0.25, 0.3) is 0 Å². The molecule has 0 fully saturated rings. The van der Waals surface area contributed by atoms with Crippen molar-refractivity contribution in [1.82, 2.24) is 0 Å². The number of Topliss-reactive ketones (excluding diaryl/α,β-unsaturated/α-hetero) is 1. The molecule has 2 N–H and O–H groups in total. The van der Waals surface area contributed by atoms with E-state index in [4.69, 9.17) is 5.73 Å². The molecule has 2 rings (SSSR count). The van der Waals surface area contributed by atoms with Gasteiger partial charge in [0.25, 0.3) is 0 Å². The van der Waals surface area contributed by atoms with Gasteiger partial charge in [-0.05, 0) is 18.6 Å². The molecule has 1 aromatic rings. The van der Waals surface area contributed by atoms with Crippen LogP contribution >= 0.6 is 0 Å². The summed E-state index contributed by atoms with van der Waals surface area (Å²) in [4.78, 5) is 12.0. The topological polar surface area (TPSA) is 43.1 Å². The minimum Gasteiger partial charge on any atom is -0.324 e. The smallest absolute Gasteiger partial charge is 0.324 e. The van der Waals surface area contributed by atoms with Gasteiger partial charge in [0.1, 0.15) is 0 Å². The van der Waals surface area contributed by atoms with Crippen molar-refractivity contribution in [2.45, 2.75) is 18.6 Å². The molecule has 1 aliphatic rings. The van der Waals surface area contributed by atoms with Crippen LogP contribution in [-0.4, -0.2) is 11.8 Å². The van der Waals surface area contributed by atoms with E-state index < -0.39 is 11.7 Å². The van der Waals surface area contributed by atoms with Crippen molar-refractivity contribution in [3.05, 3.63) is 47.5 Å². The van der Waals surface area contributed by atoms with Crippen molar-refractivity contribution in [2.75, 3.05) is 0 Å². The first-order chi connectivity index (χ1) is 8.38. The van der Waals surface area contributed by atoms with Crippen molar-refractivity contribution in [3.8, 4) is 0 Å². The second-order valence-corrected chi connectivity index (χ2v) is 4.33. The molecule has 0 aliphatic heterocycles. The van der Waals surface area contributed by atoms with Crippen LogP contribution in [0.5, 0.6) is 0 Å². The summed E-state index contributed by atoms with van der Waals surface area (Å²) in [6, 6.07) is 4.12. The quantitative estimate of drug-likeness (QED) is 0.652. The third-order valence-corrected chi connectivity index (χ3v) is 2.95. The zero-order valence-corrected chi connectivity index (χ0v) is 9.45. The molecule has 0 saturated carbocycles. The van der Waals surface area contributed by atoms with E-state index in [2.05, 4.69) is 0 Å². The Morgan fingerprint density at radius 2 is 1.78 bits per heavy atom. The van der Waals surface area contributed by atoms with Gasteiger partial charge < -0.3 is 5.73 Å². The lowest BCUT2D eigenvalue weighted by atomic mass is 9.96. The number of halogens is 3. The van der Waals surface area contributed by atoms with Crippen LogP contribution in [0.15, 0.2) is 36.4 Å². The fraction of sp³-hybridized carbons (Fsp3) is 0.308. The third kappa shape index (κ3) is 2.61. The molecule has 2 nitrogen and oxygen atoms in total. The van der Waals surface area contributed by atoms with E-state index in [1.54, 1.807) is 12.2 Å². The highest BCUT2D eigenvalue weighted by Gasteiger charge is 2.31.